The first-order valence-corrected chi connectivity index (χ1v) is 7.84. The largest absolute Gasteiger partial charge is 0.485 e. The van der Waals surface area contributed by atoms with Gasteiger partial charge >= 0.3 is 6.09 Å². The van der Waals surface area contributed by atoms with Crippen molar-refractivity contribution in [3.8, 4) is 11.8 Å². The van der Waals surface area contributed by atoms with Crippen molar-refractivity contribution in [2.24, 2.45) is 5.11 Å². The van der Waals surface area contributed by atoms with Crippen molar-refractivity contribution in [1.29, 1.82) is 5.26 Å². The van der Waals surface area contributed by atoms with Crippen molar-refractivity contribution in [3.05, 3.63) is 39.8 Å². The predicted molar refractivity (Wildman–Crippen MR) is 90.9 cm³/mol. The molecule has 1 N–H and O–H groups in total. The zero-order valence-corrected chi connectivity index (χ0v) is 14.9. The molecule has 2 rings (SSSR count). The number of alkyl carbamates (subject to hydrolysis) is 1. The second-order valence-corrected chi connectivity index (χ2v) is 7.34. The summed E-state index contributed by atoms with van der Waals surface area (Å²) in [6, 6.07) is 5.55. The molecule has 0 aromatic heterocycles. The van der Waals surface area contributed by atoms with Gasteiger partial charge in [0.15, 0.2) is 0 Å². The van der Waals surface area contributed by atoms with Crippen molar-refractivity contribution in [1.82, 2.24) is 5.32 Å². The Bertz CT molecular complexity index is 769. The van der Waals surface area contributed by atoms with E-state index in [1.165, 1.54) is 0 Å². The molecule has 1 aromatic rings. The number of hydrogen-bond donors (Lipinski definition) is 1. The molecule has 0 unspecified atom stereocenters. The molecule has 0 spiro atoms. The molecule has 0 aliphatic carbocycles. The standard InChI is InChI=1S/C17H21N5O3/c1-16(2,3)25-15(23)20-14-13(21-22-19)11-8-10(9-18)6-7-12(11)24-17(14,4)5/h6-8,13-14H,1-5H3,(H,20,23)/t13-,14+/m0/s1. The van der Waals surface area contributed by atoms with Gasteiger partial charge in [0.2, 0.25) is 0 Å². The fraction of sp³-hybridized carbons (Fsp3) is 0.529. The minimum atomic E-state index is -0.850. The number of amides is 1. The lowest BCUT2D eigenvalue weighted by Crippen LogP contribution is -2.58. The molecule has 1 amide bonds. The lowest BCUT2D eigenvalue weighted by atomic mass is 9.84. The van der Waals surface area contributed by atoms with Crippen LogP contribution in [0, 0.1) is 11.3 Å². The minimum absolute atomic E-state index is 0.413. The highest BCUT2D eigenvalue weighted by Gasteiger charge is 2.45. The highest BCUT2D eigenvalue weighted by Crippen LogP contribution is 2.42. The van der Waals surface area contributed by atoms with Crippen LogP contribution in [-0.2, 0) is 4.74 Å². The Morgan fingerprint density at radius 1 is 1.48 bits per heavy atom. The molecule has 1 aromatic carbocycles. The van der Waals surface area contributed by atoms with Gasteiger partial charge < -0.3 is 14.8 Å². The Balaban J connectivity index is 2.44. The summed E-state index contributed by atoms with van der Waals surface area (Å²) in [5.74, 6) is 0.517. The minimum Gasteiger partial charge on any atom is -0.485 e. The smallest absolute Gasteiger partial charge is 0.408 e. The first kappa shape index (κ1) is 18.4. The van der Waals surface area contributed by atoms with Gasteiger partial charge in [0, 0.05) is 10.5 Å². The molecular weight excluding hydrogens is 322 g/mol. The van der Waals surface area contributed by atoms with Gasteiger partial charge in [-0.3, -0.25) is 0 Å². The van der Waals surface area contributed by atoms with Gasteiger partial charge in [-0.1, -0.05) is 5.11 Å². The SMILES string of the molecule is CC(C)(C)OC(=O)N[C@@H]1[C@@H](N=[N+]=[N-])c2cc(C#N)ccc2OC1(C)C. The summed E-state index contributed by atoms with van der Waals surface area (Å²) in [4.78, 5) is 15.1. The van der Waals surface area contributed by atoms with Crippen LogP contribution in [0.25, 0.3) is 10.4 Å². The van der Waals surface area contributed by atoms with E-state index in [2.05, 4.69) is 15.3 Å². The van der Waals surface area contributed by atoms with E-state index in [1.807, 2.05) is 6.07 Å². The maximum Gasteiger partial charge on any atom is 0.408 e. The molecule has 132 valence electrons. The molecule has 0 saturated heterocycles. The Morgan fingerprint density at radius 2 is 2.16 bits per heavy atom. The van der Waals surface area contributed by atoms with E-state index < -0.39 is 29.4 Å². The van der Waals surface area contributed by atoms with Crippen molar-refractivity contribution in [3.63, 3.8) is 0 Å². The third kappa shape index (κ3) is 4.14. The van der Waals surface area contributed by atoms with Gasteiger partial charge in [-0.05, 0) is 58.3 Å². The summed E-state index contributed by atoms with van der Waals surface area (Å²) in [6.07, 6.45) is -0.632. The number of nitriles is 1. The zero-order chi connectivity index (χ0) is 18.8. The van der Waals surface area contributed by atoms with Crippen LogP contribution in [0.15, 0.2) is 23.3 Å². The molecule has 1 aliphatic heterocycles. The number of ether oxygens (including phenoxy) is 2. The van der Waals surface area contributed by atoms with Crippen molar-refractivity contribution >= 4 is 6.09 Å². The highest BCUT2D eigenvalue weighted by molar-refractivity contribution is 5.69. The Morgan fingerprint density at radius 3 is 2.72 bits per heavy atom. The Labute approximate surface area is 146 Å². The van der Waals surface area contributed by atoms with E-state index in [9.17, 15) is 4.79 Å². The van der Waals surface area contributed by atoms with Gasteiger partial charge in [-0.15, -0.1) is 0 Å². The van der Waals surface area contributed by atoms with Gasteiger partial charge in [0.1, 0.15) is 17.0 Å². The molecule has 1 heterocycles. The van der Waals surface area contributed by atoms with Gasteiger partial charge in [-0.25, -0.2) is 4.79 Å². The molecule has 8 heteroatoms. The molecular formula is C17H21N5O3. The van der Waals surface area contributed by atoms with E-state index in [-0.39, 0.29) is 0 Å². The zero-order valence-electron chi connectivity index (χ0n) is 14.9. The van der Waals surface area contributed by atoms with E-state index in [0.29, 0.717) is 16.9 Å². The van der Waals surface area contributed by atoms with Crippen LogP contribution >= 0.6 is 0 Å². The van der Waals surface area contributed by atoms with Crippen LogP contribution in [0.4, 0.5) is 4.79 Å². The van der Waals surface area contributed by atoms with Crippen LogP contribution in [0.5, 0.6) is 5.75 Å². The normalized spacial score (nSPS) is 21.0. The Kier molecular flexibility index (Phi) is 4.82. The maximum absolute atomic E-state index is 12.2. The average molecular weight is 343 g/mol. The fourth-order valence-corrected chi connectivity index (χ4v) is 2.72. The molecule has 1 aliphatic rings. The summed E-state index contributed by atoms with van der Waals surface area (Å²) in [6.45, 7) is 8.85. The molecule has 25 heavy (non-hydrogen) atoms. The molecule has 2 atom stereocenters. The number of carbonyl (C=O) groups is 1. The molecule has 8 nitrogen and oxygen atoms in total. The predicted octanol–water partition coefficient (Wildman–Crippen LogP) is 3.97. The van der Waals surface area contributed by atoms with Crippen molar-refractivity contribution < 1.29 is 14.3 Å². The van der Waals surface area contributed by atoms with E-state index >= 15 is 0 Å². The second kappa shape index (κ2) is 6.54. The average Bonchev–Trinajstić information content (AvgIpc) is 2.48. The highest BCUT2D eigenvalue weighted by atomic mass is 16.6. The third-order valence-electron chi connectivity index (χ3n) is 3.74. The van der Waals surface area contributed by atoms with E-state index in [4.69, 9.17) is 20.3 Å². The number of azide groups is 1. The number of carbonyl (C=O) groups excluding carboxylic acids is 1. The summed E-state index contributed by atoms with van der Waals surface area (Å²) in [7, 11) is 0. The number of hydrogen-bond acceptors (Lipinski definition) is 5. The quantitative estimate of drug-likeness (QED) is 0.496. The van der Waals surface area contributed by atoms with Gasteiger partial charge in [-0.2, -0.15) is 5.26 Å². The number of benzene rings is 1. The third-order valence-corrected chi connectivity index (χ3v) is 3.74. The van der Waals surface area contributed by atoms with Crippen molar-refractivity contribution in [2.75, 3.05) is 0 Å². The summed E-state index contributed by atoms with van der Waals surface area (Å²) in [5, 5.41) is 15.7. The number of nitrogens with zero attached hydrogens (tertiary/aromatic N) is 4. The first-order valence-electron chi connectivity index (χ1n) is 7.84. The second-order valence-electron chi connectivity index (χ2n) is 7.34. The van der Waals surface area contributed by atoms with Crippen molar-refractivity contribution in [2.45, 2.75) is 57.9 Å². The van der Waals surface area contributed by atoms with Gasteiger partial charge in [0.25, 0.3) is 0 Å². The molecule has 0 saturated carbocycles. The summed E-state index contributed by atoms with van der Waals surface area (Å²) >= 11 is 0. The van der Waals surface area contributed by atoms with Crippen LogP contribution < -0.4 is 10.1 Å². The fourth-order valence-electron chi connectivity index (χ4n) is 2.72. The van der Waals surface area contributed by atoms with Crippen LogP contribution in [0.3, 0.4) is 0 Å². The van der Waals surface area contributed by atoms with Crippen LogP contribution in [0.1, 0.15) is 51.8 Å². The Hall–Kier alpha value is -2.91. The lowest BCUT2D eigenvalue weighted by Gasteiger charge is -2.43. The molecule has 0 radical (unpaired) electrons. The van der Waals surface area contributed by atoms with E-state index in [0.717, 1.165) is 0 Å². The van der Waals surface area contributed by atoms with Crippen LogP contribution in [-0.4, -0.2) is 23.3 Å². The summed E-state index contributed by atoms with van der Waals surface area (Å²) in [5.41, 5.74) is 8.44. The number of nitrogens with one attached hydrogen (secondary N) is 1. The maximum atomic E-state index is 12.2. The summed E-state index contributed by atoms with van der Waals surface area (Å²) < 4.78 is 11.3. The van der Waals surface area contributed by atoms with Crippen LogP contribution in [0.2, 0.25) is 0 Å². The number of fused-ring (bicyclic) bond motifs is 1. The monoisotopic (exact) mass is 343 g/mol. The lowest BCUT2D eigenvalue weighted by molar-refractivity contribution is 0.0140. The van der Waals surface area contributed by atoms with Gasteiger partial charge in [0.05, 0.1) is 23.7 Å². The first-order chi connectivity index (χ1) is 11.6. The van der Waals surface area contributed by atoms with E-state index in [1.54, 1.807) is 52.8 Å². The molecule has 0 fully saturated rings. The molecule has 0 bridgehead atoms. The number of rotatable bonds is 2. The topological polar surface area (TPSA) is 120 Å².